The Bertz CT molecular complexity index is 537. The number of hydrogen-bond acceptors (Lipinski definition) is 5. The summed E-state index contributed by atoms with van der Waals surface area (Å²) in [5, 5.41) is 0. The zero-order valence-electron chi connectivity index (χ0n) is 13.4. The first-order valence-electron chi connectivity index (χ1n) is 7.23. The van der Waals surface area contributed by atoms with Crippen LogP contribution in [-0.2, 0) is 4.74 Å². The number of carbonyl (C=O) groups excluding carboxylic acids is 1. The van der Waals surface area contributed by atoms with Crippen LogP contribution in [0.1, 0.15) is 20.8 Å². The molecule has 0 unspecified atom stereocenters. The van der Waals surface area contributed by atoms with Crippen molar-refractivity contribution in [2.24, 2.45) is 0 Å². The first-order chi connectivity index (χ1) is 10.3. The van der Waals surface area contributed by atoms with Crippen LogP contribution in [0.4, 0.5) is 15.0 Å². The summed E-state index contributed by atoms with van der Waals surface area (Å²) in [6.45, 7) is 7.83. The molecule has 22 heavy (non-hydrogen) atoms. The van der Waals surface area contributed by atoms with Crippen LogP contribution in [0.2, 0.25) is 0 Å². The molecule has 1 saturated heterocycles. The molecule has 0 spiro atoms. The number of hydrogen-bond donors (Lipinski definition) is 0. The third-order valence-corrected chi connectivity index (χ3v) is 3.25. The van der Waals surface area contributed by atoms with Crippen molar-refractivity contribution < 1.29 is 18.7 Å². The van der Waals surface area contributed by atoms with E-state index in [1.54, 1.807) is 11.0 Å². The van der Waals surface area contributed by atoms with E-state index in [2.05, 4.69) is 4.98 Å². The Morgan fingerprint density at radius 2 is 1.86 bits per heavy atom. The van der Waals surface area contributed by atoms with Crippen LogP contribution in [0.5, 0.6) is 5.88 Å². The van der Waals surface area contributed by atoms with Crippen LogP contribution in [0.15, 0.2) is 12.1 Å². The summed E-state index contributed by atoms with van der Waals surface area (Å²) >= 11 is 0. The smallest absolute Gasteiger partial charge is 0.410 e. The summed E-state index contributed by atoms with van der Waals surface area (Å²) in [6, 6.07) is 2.95. The number of aromatic nitrogens is 1. The molecule has 1 aromatic heterocycles. The third kappa shape index (κ3) is 3.99. The Hall–Kier alpha value is -2.05. The van der Waals surface area contributed by atoms with Crippen molar-refractivity contribution in [1.82, 2.24) is 9.88 Å². The van der Waals surface area contributed by atoms with Gasteiger partial charge in [0.2, 0.25) is 0 Å². The number of pyridine rings is 1. The minimum absolute atomic E-state index is 0.0212. The molecular weight excluding hydrogens is 289 g/mol. The molecule has 122 valence electrons. The van der Waals surface area contributed by atoms with E-state index in [4.69, 9.17) is 9.47 Å². The Morgan fingerprint density at radius 3 is 2.41 bits per heavy atom. The van der Waals surface area contributed by atoms with Crippen LogP contribution in [0.3, 0.4) is 0 Å². The van der Waals surface area contributed by atoms with E-state index in [9.17, 15) is 9.18 Å². The maximum atomic E-state index is 13.4. The van der Waals surface area contributed by atoms with Crippen molar-refractivity contribution in [3.8, 4) is 5.88 Å². The Kier molecular flexibility index (Phi) is 4.73. The standard InChI is InChI=1S/C15H22FN3O3/c1-15(2,3)22-14(20)19-9-7-18(8-10-19)12-6-5-11(16)13(17-12)21-4/h5-6H,7-10H2,1-4H3. The molecule has 0 radical (unpaired) electrons. The van der Waals surface area contributed by atoms with Crippen LogP contribution in [-0.4, -0.2) is 54.9 Å². The van der Waals surface area contributed by atoms with Crippen molar-refractivity contribution >= 4 is 11.9 Å². The number of methoxy groups -OCH3 is 1. The zero-order valence-corrected chi connectivity index (χ0v) is 13.4. The van der Waals surface area contributed by atoms with E-state index in [1.807, 2.05) is 25.7 Å². The van der Waals surface area contributed by atoms with Gasteiger partial charge in [-0.1, -0.05) is 0 Å². The van der Waals surface area contributed by atoms with Gasteiger partial charge in [-0.3, -0.25) is 0 Å². The Labute approximate surface area is 129 Å². The highest BCUT2D eigenvalue weighted by atomic mass is 19.1. The number of piperazine rings is 1. The number of amides is 1. The lowest BCUT2D eigenvalue weighted by atomic mass is 10.2. The van der Waals surface area contributed by atoms with Crippen LogP contribution in [0, 0.1) is 5.82 Å². The highest BCUT2D eigenvalue weighted by Crippen LogP contribution is 2.21. The van der Waals surface area contributed by atoms with Crippen molar-refractivity contribution in [1.29, 1.82) is 0 Å². The number of halogens is 1. The largest absolute Gasteiger partial charge is 0.479 e. The summed E-state index contributed by atoms with van der Waals surface area (Å²) < 4.78 is 23.6. The third-order valence-electron chi connectivity index (χ3n) is 3.25. The second kappa shape index (κ2) is 6.37. The minimum atomic E-state index is -0.500. The van der Waals surface area contributed by atoms with Gasteiger partial charge in [0.25, 0.3) is 5.88 Å². The molecule has 2 heterocycles. The lowest BCUT2D eigenvalue weighted by Gasteiger charge is -2.36. The molecule has 1 aromatic rings. The number of anilines is 1. The van der Waals surface area contributed by atoms with E-state index in [1.165, 1.54) is 13.2 Å². The molecule has 7 heteroatoms. The first-order valence-corrected chi connectivity index (χ1v) is 7.23. The lowest BCUT2D eigenvalue weighted by Crippen LogP contribution is -2.50. The SMILES string of the molecule is COc1nc(N2CCN(C(=O)OC(C)(C)C)CC2)ccc1F. The molecule has 2 rings (SSSR count). The van der Waals surface area contributed by atoms with Crippen molar-refractivity contribution in [3.63, 3.8) is 0 Å². The van der Waals surface area contributed by atoms with Gasteiger partial charge in [0, 0.05) is 26.2 Å². The fourth-order valence-corrected chi connectivity index (χ4v) is 2.18. The molecule has 0 aliphatic carbocycles. The summed E-state index contributed by atoms with van der Waals surface area (Å²) in [4.78, 5) is 19.8. The van der Waals surface area contributed by atoms with E-state index < -0.39 is 11.4 Å². The number of rotatable bonds is 2. The molecule has 1 aliphatic rings. The molecule has 6 nitrogen and oxygen atoms in total. The van der Waals surface area contributed by atoms with E-state index in [0.717, 1.165) is 0 Å². The van der Waals surface area contributed by atoms with Gasteiger partial charge in [-0.25, -0.2) is 9.18 Å². The van der Waals surface area contributed by atoms with Gasteiger partial charge in [0.05, 0.1) is 7.11 Å². The van der Waals surface area contributed by atoms with Crippen molar-refractivity contribution in [3.05, 3.63) is 17.9 Å². The predicted molar refractivity (Wildman–Crippen MR) is 80.8 cm³/mol. The molecule has 0 saturated carbocycles. The molecular formula is C15H22FN3O3. The quantitative estimate of drug-likeness (QED) is 0.839. The predicted octanol–water partition coefficient (Wildman–Crippen LogP) is 2.29. The van der Waals surface area contributed by atoms with Crippen molar-refractivity contribution in [2.45, 2.75) is 26.4 Å². The van der Waals surface area contributed by atoms with E-state index in [-0.39, 0.29) is 12.0 Å². The molecule has 1 amide bonds. The second-order valence-electron chi connectivity index (χ2n) is 6.11. The summed E-state index contributed by atoms with van der Waals surface area (Å²) in [7, 11) is 1.38. The van der Waals surface area contributed by atoms with Crippen molar-refractivity contribution in [2.75, 3.05) is 38.2 Å². The fraction of sp³-hybridized carbons (Fsp3) is 0.600. The molecule has 0 atom stereocenters. The normalized spacial score (nSPS) is 15.7. The molecule has 0 aromatic carbocycles. The molecule has 0 N–H and O–H groups in total. The minimum Gasteiger partial charge on any atom is -0.479 e. The molecule has 0 bridgehead atoms. The average molecular weight is 311 g/mol. The summed E-state index contributed by atoms with van der Waals surface area (Å²) in [5.41, 5.74) is -0.500. The topological polar surface area (TPSA) is 54.9 Å². The monoisotopic (exact) mass is 311 g/mol. The van der Waals surface area contributed by atoms with Crippen LogP contribution >= 0.6 is 0 Å². The van der Waals surface area contributed by atoms with Gasteiger partial charge < -0.3 is 19.3 Å². The fourth-order valence-electron chi connectivity index (χ4n) is 2.18. The summed E-state index contributed by atoms with van der Waals surface area (Å²) in [5.74, 6) is 0.132. The summed E-state index contributed by atoms with van der Waals surface area (Å²) in [6.07, 6.45) is -0.309. The zero-order chi connectivity index (χ0) is 16.3. The number of carbonyl (C=O) groups is 1. The lowest BCUT2D eigenvalue weighted by molar-refractivity contribution is 0.0240. The highest BCUT2D eigenvalue weighted by molar-refractivity contribution is 5.68. The molecule has 1 fully saturated rings. The Balaban J connectivity index is 1.96. The van der Waals surface area contributed by atoms with Gasteiger partial charge >= 0.3 is 6.09 Å². The second-order valence-corrected chi connectivity index (χ2v) is 6.11. The van der Waals surface area contributed by atoms with E-state index in [0.29, 0.717) is 32.0 Å². The van der Waals surface area contributed by atoms with E-state index >= 15 is 0 Å². The number of ether oxygens (including phenoxy) is 2. The van der Waals surface area contributed by atoms with Crippen LogP contribution in [0.25, 0.3) is 0 Å². The average Bonchev–Trinajstić information content (AvgIpc) is 2.46. The Morgan fingerprint density at radius 1 is 1.23 bits per heavy atom. The number of nitrogens with zero attached hydrogens (tertiary/aromatic N) is 3. The maximum Gasteiger partial charge on any atom is 0.410 e. The first kappa shape index (κ1) is 16.3. The maximum absolute atomic E-state index is 13.4. The van der Waals surface area contributed by atoms with Gasteiger partial charge in [-0.05, 0) is 32.9 Å². The van der Waals surface area contributed by atoms with Gasteiger partial charge in [0.1, 0.15) is 11.4 Å². The van der Waals surface area contributed by atoms with Gasteiger partial charge in [0.15, 0.2) is 5.82 Å². The van der Waals surface area contributed by atoms with Gasteiger partial charge in [-0.15, -0.1) is 0 Å². The van der Waals surface area contributed by atoms with Crippen LogP contribution < -0.4 is 9.64 Å². The highest BCUT2D eigenvalue weighted by Gasteiger charge is 2.26. The van der Waals surface area contributed by atoms with Gasteiger partial charge in [-0.2, -0.15) is 4.98 Å². The molecule has 1 aliphatic heterocycles.